The van der Waals surface area contributed by atoms with Crippen molar-refractivity contribution in [3.8, 4) is 0 Å². The summed E-state index contributed by atoms with van der Waals surface area (Å²) in [5, 5.41) is 0. The Morgan fingerprint density at radius 1 is 1.13 bits per heavy atom. The Morgan fingerprint density at radius 2 is 1.74 bits per heavy atom. The predicted octanol–water partition coefficient (Wildman–Crippen LogP) is 4.45. The van der Waals surface area contributed by atoms with Crippen LogP contribution < -0.4 is 0 Å². The van der Waals surface area contributed by atoms with Crippen molar-refractivity contribution in [2.45, 2.75) is 25.3 Å². The average molecular weight is 331 g/mol. The third kappa shape index (κ3) is 3.41. The first-order valence-electron chi connectivity index (χ1n) is 7.78. The lowest BCUT2D eigenvalue weighted by atomic mass is 10.0. The van der Waals surface area contributed by atoms with Crippen LogP contribution in [0.5, 0.6) is 0 Å². The molecule has 1 aliphatic rings. The Hall–Kier alpha value is -1.45. The van der Waals surface area contributed by atoms with Gasteiger partial charge >= 0.3 is 7.60 Å². The van der Waals surface area contributed by atoms with Crippen molar-refractivity contribution < 1.29 is 13.6 Å². The summed E-state index contributed by atoms with van der Waals surface area (Å²) in [6, 6.07) is 20.5. The molecule has 0 bridgehead atoms. The van der Waals surface area contributed by atoms with Crippen LogP contribution in [-0.4, -0.2) is 24.4 Å². The van der Waals surface area contributed by atoms with Gasteiger partial charge in [0.1, 0.15) is 5.78 Å². The maximum atomic E-state index is 12.8. The molecule has 3 rings (SSSR count). The summed E-state index contributed by atoms with van der Waals surface area (Å²) in [6.45, 7) is 2.99. The van der Waals surface area contributed by atoms with Crippen molar-refractivity contribution in [2.75, 3.05) is 13.7 Å². The number of rotatable bonds is 4. The van der Waals surface area contributed by atoms with Gasteiger partial charge < -0.3 is 9.05 Å². The molecule has 1 unspecified atom stereocenters. The molecule has 0 spiro atoms. The summed E-state index contributed by atoms with van der Waals surface area (Å²) in [4.78, 5) is 2.22. The van der Waals surface area contributed by atoms with Crippen LogP contribution in [0.25, 0.3) is 0 Å². The topological polar surface area (TPSA) is 38.8 Å². The van der Waals surface area contributed by atoms with Crippen LogP contribution in [-0.2, 0) is 20.2 Å². The fraction of sp³-hybridized carbons (Fsp3) is 0.333. The SMILES string of the molecule is COP1(=O)OC[C@@H](c2ccccc2)N(Cc2ccccc2)[C@@H]1C. The second-order valence-electron chi connectivity index (χ2n) is 5.73. The molecular weight excluding hydrogens is 309 g/mol. The van der Waals surface area contributed by atoms with E-state index in [-0.39, 0.29) is 11.8 Å². The number of hydrogen-bond acceptors (Lipinski definition) is 4. The van der Waals surface area contributed by atoms with Gasteiger partial charge in [-0.25, -0.2) is 0 Å². The van der Waals surface area contributed by atoms with E-state index < -0.39 is 7.60 Å². The normalized spacial score (nSPS) is 28.6. The van der Waals surface area contributed by atoms with Crippen LogP contribution in [0.3, 0.4) is 0 Å². The van der Waals surface area contributed by atoms with Crippen molar-refractivity contribution in [1.82, 2.24) is 4.90 Å². The Kier molecular flexibility index (Phi) is 4.98. The minimum atomic E-state index is -3.11. The number of benzene rings is 2. The lowest BCUT2D eigenvalue weighted by Gasteiger charge is -2.43. The van der Waals surface area contributed by atoms with Gasteiger partial charge in [-0.2, -0.15) is 0 Å². The first-order chi connectivity index (χ1) is 11.1. The van der Waals surface area contributed by atoms with Crippen molar-refractivity contribution in [3.05, 3.63) is 71.8 Å². The Labute approximate surface area is 137 Å². The minimum Gasteiger partial charge on any atom is -0.311 e. The average Bonchev–Trinajstić information content (AvgIpc) is 2.61. The summed E-state index contributed by atoms with van der Waals surface area (Å²) < 4.78 is 23.7. The highest BCUT2D eigenvalue weighted by molar-refractivity contribution is 7.54. The fourth-order valence-electron chi connectivity index (χ4n) is 3.02. The van der Waals surface area contributed by atoms with Crippen LogP contribution in [0.4, 0.5) is 0 Å². The first kappa shape index (κ1) is 16.4. The van der Waals surface area contributed by atoms with Crippen molar-refractivity contribution in [1.29, 1.82) is 0 Å². The Balaban J connectivity index is 1.93. The fourth-order valence-corrected chi connectivity index (χ4v) is 4.61. The third-order valence-electron chi connectivity index (χ3n) is 4.40. The second kappa shape index (κ2) is 6.98. The molecule has 2 aromatic carbocycles. The molecule has 1 saturated heterocycles. The van der Waals surface area contributed by atoms with Gasteiger partial charge in [0.05, 0.1) is 12.6 Å². The molecule has 0 aliphatic carbocycles. The molecule has 1 aliphatic heterocycles. The molecule has 0 amide bonds. The van der Waals surface area contributed by atoms with E-state index in [1.54, 1.807) is 0 Å². The van der Waals surface area contributed by atoms with Gasteiger partial charge in [0, 0.05) is 13.7 Å². The largest absolute Gasteiger partial charge is 0.347 e. The Morgan fingerprint density at radius 3 is 2.35 bits per heavy atom. The second-order valence-corrected chi connectivity index (χ2v) is 8.18. The maximum Gasteiger partial charge on any atom is 0.347 e. The summed E-state index contributed by atoms with van der Waals surface area (Å²) in [6.07, 6.45) is 0. The van der Waals surface area contributed by atoms with Crippen molar-refractivity contribution in [3.63, 3.8) is 0 Å². The maximum absolute atomic E-state index is 12.8. The van der Waals surface area contributed by atoms with Gasteiger partial charge in [0.2, 0.25) is 0 Å². The van der Waals surface area contributed by atoms with Gasteiger partial charge in [0.25, 0.3) is 0 Å². The standard InChI is InChI=1S/C18H22NO3P/c1-15-19(13-16-9-5-3-6-10-16)18(14-22-23(15,20)21-2)17-11-7-4-8-12-17/h3-12,15,18H,13-14H2,1-2H3/t15-,18-,23?/m0/s1. The molecule has 0 radical (unpaired) electrons. The molecular formula is C18H22NO3P. The zero-order chi connectivity index (χ0) is 16.3. The summed E-state index contributed by atoms with van der Waals surface area (Å²) in [5.41, 5.74) is 2.35. The van der Waals surface area contributed by atoms with Gasteiger partial charge in [-0.05, 0) is 18.1 Å². The number of nitrogens with zero attached hydrogens (tertiary/aromatic N) is 1. The van der Waals surface area contributed by atoms with E-state index in [1.807, 2.05) is 43.3 Å². The smallest absolute Gasteiger partial charge is 0.311 e. The van der Waals surface area contributed by atoms with Crippen LogP contribution in [0.2, 0.25) is 0 Å². The zero-order valence-corrected chi connectivity index (χ0v) is 14.4. The molecule has 3 atom stereocenters. The lowest BCUT2D eigenvalue weighted by Crippen LogP contribution is -2.42. The van der Waals surface area contributed by atoms with E-state index in [2.05, 4.69) is 29.2 Å². The molecule has 0 saturated carbocycles. The lowest BCUT2D eigenvalue weighted by molar-refractivity contribution is 0.0537. The van der Waals surface area contributed by atoms with Crippen LogP contribution >= 0.6 is 7.60 Å². The molecule has 122 valence electrons. The minimum absolute atomic E-state index is 0.0589. The van der Waals surface area contributed by atoms with Gasteiger partial charge in [0.15, 0.2) is 0 Å². The molecule has 1 fully saturated rings. The number of hydrogen-bond donors (Lipinski definition) is 0. The molecule has 5 heteroatoms. The quantitative estimate of drug-likeness (QED) is 0.776. The van der Waals surface area contributed by atoms with Crippen molar-refractivity contribution >= 4 is 7.60 Å². The Bertz CT molecular complexity index is 677. The van der Waals surface area contributed by atoms with E-state index in [1.165, 1.54) is 12.7 Å². The molecule has 0 N–H and O–H groups in total. The monoisotopic (exact) mass is 331 g/mol. The molecule has 2 aromatic rings. The van der Waals surface area contributed by atoms with Crippen molar-refractivity contribution in [2.24, 2.45) is 0 Å². The highest BCUT2D eigenvalue weighted by Gasteiger charge is 2.44. The molecule has 4 nitrogen and oxygen atoms in total. The molecule has 0 aromatic heterocycles. The molecule has 23 heavy (non-hydrogen) atoms. The van der Waals surface area contributed by atoms with Crippen LogP contribution in [0.1, 0.15) is 24.1 Å². The van der Waals surface area contributed by atoms with E-state index >= 15 is 0 Å². The van der Waals surface area contributed by atoms with E-state index in [9.17, 15) is 4.57 Å². The van der Waals surface area contributed by atoms with E-state index in [0.717, 1.165) is 5.56 Å². The zero-order valence-electron chi connectivity index (χ0n) is 13.5. The van der Waals surface area contributed by atoms with E-state index in [4.69, 9.17) is 9.05 Å². The predicted molar refractivity (Wildman–Crippen MR) is 91.2 cm³/mol. The van der Waals surface area contributed by atoms with Gasteiger partial charge in [-0.15, -0.1) is 0 Å². The highest BCUT2D eigenvalue weighted by atomic mass is 31.2. The highest BCUT2D eigenvalue weighted by Crippen LogP contribution is 2.58. The first-order valence-corrected chi connectivity index (χ1v) is 9.40. The van der Waals surface area contributed by atoms with Gasteiger partial charge in [-0.3, -0.25) is 9.46 Å². The van der Waals surface area contributed by atoms with Gasteiger partial charge in [-0.1, -0.05) is 60.7 Å². The summed E-state index contributed by atoms with van der Waals surface area (Å²) >= 11 is 0. The summed E-state index contributed by atoms with van der Waals surface area (Å²) in [7, 11) is -1.65. The van der Waals surface area contributed by atoms with Crippen LogP contribution in [0, 0.1) is 0 Å². The third-order valence-corrected chi connectivity index (χ3v) is 6.63. The van der Waals surface area contributed by atoms with E-state index in [0.29, 0.717) is 13.2 Å². The molecule has 1 heterocycles. The summed E-state index contributed by atoms with van der Waals surface area (Å²) in [5.74, 6) is -0.299. The van der Waals surface area contributed by atoms with Crippen LogP contribution in [0.15, 0.2) is 60.7 Å².